The first-order chi connectivity index (χ1) is 7.25. The lowest BCUT2D eigenvalue weighted by atomic mass is 10.3. The quantitative estimate of drug-likeness (QED) is 0.802. The predicted molar refractivity (Wildman–Crippen MR) is 51.0 cm³/mol. The Kier molecular flexibility index (Phi) is 2.82. The Hall–Kier alpha value is -1.62. The summed E-state index contributed by atoms with van der Waals surface area (Å²) in [4.78, 5) is 14.5. The normalized spacial score (nSPS) is 20.1. The summed E-state index contributed by atoms with van der Waals surface area (Å²) in [6.07, 6.45) is 0.806. The van der Waals surface area contributed by atoms with Crippen molar-refractivity contribution in [1.82, 2.24) is 4.98 Å². The van der Waals surface area contributed by atoms with Crippen molar-refractivity contribution in [3.63, 3.8) is 0 Å². The maximum Gasteiger partial charge on any atom is 0.354 e. The molecule has 5 heteroatoms. The fourth-order valence-electron chi connectivity index (χ4n) is 1.38. The number of nitrogens with zero attached hydrogens (tertiary/aromatic N) is 1. The summed E-state index contributed by atoms with van der Waals surface area (Å²) in [6, 6.07) is 4.69. The van der Waals surface area contributed by atoms with Gasteiger partial charge in [-0.3, -0.25) is 0 Å². The third-order valence-electron chi connectivity index (χ3n) is 2.12. The van der Waals surface area contributed by atoms with Crippen molar-refractivity contribution in [2.45, 2.75) is 12.5 Å². The summed E-state index contributed by atoms with van der Waals surface area (Å²) in [5.41, 5.74) is -0.00795. The Morgan fingerprint density at radius 3 is 3.13 bits per heavy atom. The van der Waals surface area contributed by atoms with E-state index in [9.17, 15) is 4.79 Å². The van der Waals surface area contributed by atoms with Gasteiger partial charge in [-0.2, -0.15) is 0 Å². The van der Waals surface area contributed by atoms with Crippen LogP contribution in [-0.4, -0.2) is 35.4 Å². The smallest absolute Gasteiger partial charge is 0.354 e. The molecule has 5 nitrogen and oxygen atoms in total. The Morgan fingerprint density at radius 2 is 2.47 bits per heavy atom. The Balaban J connectivity index is 2.07. The summed E-state index contributed by atoms with van der Waals surface area (Å²) >= 11 is 0. The third kappa shape index (κ3) is 2.44. The van der Waals surface area contributed by atoms with Crippen molar-refractivity contribution in [3.8, 4) is 5.88 Å². The van der Waals surface area contributed by atoms with Crippen LogP contribution in [0.4, 0.5) is 0 Å². The molecular weight excluding hydrogens is 198 g/mol. The minimum absolute atomic E-state index is 0.00795. The van der Waals surface area contributed by atoms with Gasteiger partial charge in [-0.25, -0.2) is 9.78 Å². The van der Waals surface area contributed by atoms with Crippen LogP contribution in [0, 0.1) is 0 Å². The monoisotopic (exact) mass is 209 g/mol. The molecule has 1 aromatic rings. The highest BCUT2D eigenvalue weighted by Crippen LogP contribution is 2.14. The fraction of sp³-hybridized carbons (Fsp3) is 0.400. The van der Waals surface area contributed by atoms with Crippen LogP contribution in [0.15, 0.2) is 18.2 Å². The first-order valence-corrected chi connectivity index (χ1v) is 4.70. The fourth-order valence-corrected chi connectivity index (χ4v) is 1.38. The molecule has 2 rings (SSSR count). The molecule has 2 heterocycles. The summed E-state index contributed by atoms with van der Waals surface area (Å²) in [6.45, 7) is 1.22. The van der Waals surface area contributed by atoms with E-state index in [0.717, 1.165) is 6.42 Å². The first-order valence-electron chi connectivity index (χ1n) is 4.70. The van der Waals surface area contributed by atoms with Gasteiger partial charge in [0.25, 0.3) is 0 Å². The van der Waals surface area contributed by atoms with E-state index in [4.69, 9.17) is 14.6 Å². The molecule has 1 N–H and O–H groups in total. The zero-order valence-electron chi connectivity index (χ0n) is 8.05. The van der Waals surface area contributed by atoms with E-state index in [1.807, 2.05) is 0 Å². The highest BCUT2D eigenvalue weighted by molar-refractivity contribution is 5.85. The van der Waals surface area contributed by atoms with Gasteiger partial charge in [-0.05, 0) is 6.07 Å². The van der Waals surface area contributed by atoms with Crippen LogP contribution < -0.4 is 4.74 Å². The van der Waals surface area contributed by atoms with E-state index in [1.165, 1.54) is 6.07 Å². The lowest BCUT2D eigenvalue weighted by Gasteiger charge is -2.10. The minimum atomic E-state index is -1.05. The van der Waals surface area contributed by atoms with Crippen LogP contribution in [0.1, 0.15) is 16.9 Å². The summed E-state index contributed by atoms with van der Waals surface area (Å²) in [5.74, 6) is -0.714. The van der Waals surface area contributed by atoms with Crippen molar-refractivity contribution >= 4 is 5.97 Å². The second kappa shape index (κ2) is 4.27. The highest BCUT2D eigenvalue weighted by Gasteiger charge is 2.18. The second-order valence-corrected chi connectivity index (χ2v) is 3.27. The third-order valence-corrected chi connectivity index (χ3v) is 2.12. The van der Waals surface area contributed by atoms with Crippen LogP contribution in [0.25, 0.3) is 0 Å². The maximum atomic E-state index is 10.6. The molecule has 0 unspecified atom stereocenters. The number of carboxylic acids is 1. The average Bonchev–Trinajstić information content (AvgIpc) is 2.71. The number of carboxylic acid groups (broad SMARTS) is 1. The van der Waals surface area contributed by atoms with E-state index in [2.05, 4.69) is 4.98 Å². The molecule has 0 spiro atoms. The highest BCUT2D eigenvalue weighted by atomic mass is 16.5. The van der Waals surface area contributed by atoms with Gasteiger partial charge in [-0.1, -0.05) is 6.07 Å². The van der Waals surface area contributed by atoms with Gasteiger partial charge >= 0.3 is 5.97 Å². The number of ether oxygens (including phenoxy) is 2. The van der Waals surface area contributed by atoms with Crippen molar-refractivity contribution in [1.29, 1.82) is 0 Å². The topological polar surface area (TPSA) is 68.7 Å². The molecule has 1 saturated heterocycles. The number of carbonyl (C=O) groups is 1. The molecule has 1 aromatic heterocycles. The van der Waals surface area contributed by atoms with E-state index < -0.39 is 5.97 Å². The molecule has 0 saturated carbocycles. The van der Waals surface area contributed by atoms with E-state index in [1.54, 1.807) is 12.1 Å². The van der Waals surface area contributed by atoms with Gasteiger partial charge in [0.15, 0.2) is 5.69 Å². The molecule has 0 amide bonds. The molecule has 1 aliphatic heterocycles. The van der Waals surface area contributed by atoms with Crippen LogP contribution in [0.3, 0.4) is 0 Å². The lowest BCUT2D eigenvalue weighted by Crippen LogP contribution is -2.17. The van der Waals surface area contributed by atoms with Gasteiger partial charge in [0.05, 0.1) is 13.2 Å². The molecule has 80 valence electrons. The van der Waals surface area contributed by atoms with Gasteiger partial charge in [0.2, 0.25) is 5.88 Å². The second-order valence-electron chi connectivity index (χ2n) is 3.27. The number of aromatic nitrogens is 1. The van der Waals surface area contributed by atoms with Crippen molar-refractivity contribution < 1.29 is 19.4 Å². The molecule has 0 bridgehead atoms. The largest absolute Gasteiger partial charge is 0.477 e. The Morgan fingerprint density at radius 1 is 1.60 bits per heavy atom. The maximum absolute atomic E-state index is 10.6. The molecule has 1 atom stereocenters. The Labute approximate surface area is 86.7 Å². The molecule has 0 radical (unpaired) electrons. The van der Waals surface area contributed by atoms with Crippen LogP contribution >= 0.6 is 0 Å². The minimum Gasteiger partial charge on any atom is -0.477 e. The van der Waals surface area contributed by atoms with Gasteiger partial charge in [0.1, 0.15) is 6.10 Å². The van der Waals surface area contributed by atoms with Gasteiger partial charge < -0.3 is 14.6 Å². The molecule has 1 fully saturated rings. The predicted octanol–water partition coefficient (Wildman–Crippen LogP) is 0.948. The van der Waals surface area contributed by atoms with E-state index >= 15 is 0 Å². The van der Waals surface area contributed by atoms with E-state index in [0.29, 0.717) is 19.1 Å². The summed E-state index contributed by atoms with van der Waals surface area (Å²) < 4.78 is 10.6. The van der Waals surface area contributed by atoms with Crippen LogP contribution in [-0.2, 0) is 4.74 Å². The molecule has 15 heavy (non-hydrogen) atoms. The molecule has 0 aromatic carbocycles. The van der Waals surface area contributed by atoms with E-state index in [-0.39, 0.29) is 11.8 Å². The number of hydrogen-bond donors (Lipinski definition) is 1. The molecule has 0 aliphatic carbocycles. The standard InChI is InChI=1S/C10H11NO4/c12-10(13)8-2-1-3-9(11-8)15-7-4-5-14-6-7/h1-3,7H,4-6H2,(H,12,13)/t7-/m1/s1. The summed E-state index contributed by atoms with van der Waals surface area (Å²) in [7, 11) is 0. The Bertz CT molecular complexity index is 360. The average molecular weight is 209 g/mol. The lowest BCUT2D eigenvalue weighted by molar-refractivity contribution is 0.0688. The zero-order valence-corrected chi connectivity index (χ0v) is 8.05. The first kappa shape index (κ1) is 9.92. The number of hydrogen-bond acceptors (Lipinski definition) is 4. The number of pyridine rings is 1. The number of rotatable bonds is 3. The van der Waals surface area contributed by atoms with Crippen LogP contribution in [0.2, 0.25) is 0 Å². The van der Waals surface area contributed by atoms with Crippen LogP contribution in [0.5, 0.6) is 5.88 Å². The SMILES string of the molecule is O=C(O)c1cccc(O[C@@H]2CCOC2)n1. The van der Waals surface area contributed by atoms with Crippen molar-refractivity contribution in [3.05, 3.63) is 23.9 Å². The number of aromatic carboxylic acids is 1. The summed E-state index contributed by atoms with van der Waals surface area (Å²) in [5, 5.41) is 8.73. The zero-order chi connectivity index (χ0) is 10.7. The van der Waals surface area contributed by atoms with Crippen molar-refractivity contribution in [2.24, 2.45) is 0 Å². The molecule has 1 aliphatic rings. The van der Waals surface area contributed by atoms with Gasteiger partial charge in [-0.15, -0.1) is 0 Å². The van der Waals surface area contributed by atoms with Gasteiger partial charge in [0, 0.05) is 12.5 Å². The molecular formula is C10H11NO4. The van der Waals surface area contributed by atoms with Crippen molar-refractivity contribution in [2.75, 3.05) is 13.2 Å².